The summed E-state index contributed by atoms with van der Waals surface area (Å²) in [7, 11) is 0. The van der Waals surface area contributed by atoms with Crippen LogP contribution >= 0.6 is 0 Å². The number of amides is 3. The molecule has 0 spiro atoms. The quantitative estimate of drug-likeness (QED) is 0.747. The molecule has 2 aliphatic rings. The zero-order valence-corrected chi connectivity index (χ0v) is 16.2. The molecule has 0 saturated carbocycles. The highest BCUT2D eigenvalue weighted by Gasteiger charge is 2.29. The molecule has 0 aromatic rings. The third-order valence-corrected chi connectivity index (χ3v) is 5.36. The van der Waals surface area contributed by atoms with Crippen LogP contribution in [0.15, 0.2) is 0 Å². The van der Waals surface area contributed by atoms with Crippen LogP contribution in [0.2, 0.25) is 0 Å². The van der Waals surface area contributed by atoms with E-state index in [1.54, 1.807) is 18.7 Å². The molecule has 0 aliphatic carbocycles. The van der Waals surface area contributed by atoms with Gasteiger partial charge in [-0.25, -0.2) is 4.79 Å². The van der Waals surface area contributed by atoms with Crippen LogP contribution in [0.4, 0.5) is 4.79 Å². The minimum atomic E-state index is -0.281. The molecular formula is C19H33N3O4. The summed E-state index contributed by atoms with van der Waals surface area (Å²) >= 11 is 0. The van der Waals surface area contributed by atoms with Crippen LogP contribution in [0.1, 0.15) is 58.8 Å². The van der Waals surface area contributed by atoms with E-state index in [9.17, 15) is 14.4 Å². The topological polar surface area (TPSA) is 70.2 Å². The summed E-state index contributed by atoms with van der Waals surface area (Å²) < 4.78 is 5.04. The summed E-state index contributed by atoms with van der Waals surface area (Å²) in [6.45, 7) is 7.07. The fourth-order valence-electron chi connectivity index (χ4n) is 3.87. The summed E-state index contributed by atoms with van der Waals surface area (Å²) in [6, 6.07) is 0.0927. The van der Waals surface area contributed by atoms with Crippen LogP contribution < -0.4 is 0 Å². The normalized spacial score (nSPS) is 19.0. The number of carbonyl (C=O) groups excluding carboxylic acids is 3. The third-order valence-electron chi connectivity index (χ3n) is 5.36. The van der Waals surface area contributed by atoms with Gasteiger partial charge in [-0.2, -0.15) is 0 Å². The fraction of sp³-hybridized carbons (Fsp3) is 0.842. The van der Waals surface area contributed by atoms with Gasteiger partial charge in [0, 0.05) is 52.1 Å². The van der Waals surface area contributed by atoms with Crippen molar-refractivity contribution in [1.29, 1.82) is 0 Å². The minimum Gasteiger partial charge on any atom is -0.450 e. The van der Waals surface area contributed by atoms with Crippen molar-refractivity contribution in [3.05, 3.63) is 0 Å². The van der Waals surface area contributed by atoms with Crippen LogP contribution in [-0.4, -0.2) is 78.0 Å². The highest BCUT2D eigenvalue weighted by atomic mass is 16.6. The lowest BCUT2D eigenvalue weighted by molar-refractivity contribution is -0.135. The first-order valence-corrected chi connectivity index (χ1v) is 9.99. The molecule has 0 aromatic carbocycles. The number of nitrogens with zero attached hydrogens (tertiary/aromatic N) is 3. The molecule has 2 fully saturated rings. The number of carbonyl (C=O) groups is 3. The Kier molecular flexibility index (Phi) is 8.19. The molecule has 0 atom stereocenters. The van der Waals surface area contributed by atoms with E-state index in [4.69, 9.17) is 4.74 Å². The number of piperidine rings is 1. The average Bonchev–Trinajstić information content (AvgIpc) is 2.91. The van der Waals surface area contributed by atoms with Crippen molar-refractivity contribution in [1.82, 2.24) is 14.7 Å². The van der Waals surface area contributed by atoms with Crippen molar-refractivity contribution in [3.8, 4) is 0 Å². The minimum absolute atomic E-state index is 0.00301. The summed E-state index contributed by atoms with van der Waals surface area (Å²) in [5, 5.41) is 0. The van der Waals surface area contributed by atoms with Crippen molar-refractivity contribution in [2.75, 3.05) is 39.3 Å². The summed E-state index contributed by atoms with van der Waals surface area (Å²) in [4.78, 5) is 41.9. The van der Waals surface area contributed by atoms with Gasteiger partial charge in [0.15, 0.2) is 0 Å². The monoisotopic (exact) mass is 367 g/mol. The van der Waals surface area contributed by atoms with Gasteiger partial charge in [-0.15, -0.1) is 0 Å². The zero-order chi connectivity index (χ0) is 18.9. The van der Waals surface area contributed by atoms with E-state index < -0.39 is 0 Å². The molecule has 0 unspecified atom stereocenters. The maximum absolute atomic E-state index is 12.5. The van der Waals surface area contributed by atoms with Crippen molar-refractivity contribution in [2.45, 2.75) is 64.8 Å². The Morgan fingerprint density at radius 2 is 1.58 bits per heavy atom. The van der Waals surface area contributed by atoms with Gasteiger partial charge in [0.1, 0.15) is 0 Å². The van der Waals surface area contributed by atoms with Gasteiger partial charge in [0.25, 0.3) is 0 Å². The first-order valence-electron chi connectivity index (χ1n) is 9.99. The maximum atomic E-state index is 12.5. The van der Waals surface area contributed by atoms with Crippen molar-refractivity contribution < 1.29 is 19.1 Å². The van der Waals surface area contributed by atoms with E-state index in [1.807, 2.05) is 9.80 Å². The predicted molar refractivity (Wildman–Crippen MR) is 98.7 cm³/mol. The molecule has 2 aliphatic heterocycles. The molecule has 0 N–H and O–H groups in total. The lowest BCUT2D eigenvalue weighted by Gasteiger charge is -2.38. The molecule has 26 heavy (non-hydrogen) atoms. The van der Waals surface area contributed by atoms with Gasteiger partial charge in [-0.3, -0.25) is 9.59 Å². The Morgan fingerprint density at radius 1 is 0.962 bits per heavy atom. The summed E-state index contributed by atoms with van der Waals surface area (Å²) in [6.07, 6.45) is 6.12. The molecule has 3 amide bonds. The molecular weight excluding hydrogens is 334 g/mol. The summed E-state index contributed by atoms with van der Waals surface area (Å²) in [5.74, 6) is 0.158. The number of hydrogen-bond donors (Lipinski definition) is 0. The molecule has 7 heteroatoms. The van der Waals surface area contributed by atoms with E-state index in [0.29, 0.717) is 32.7 Å². The number of rotatable bonds is 5. The number of hydrogen-bond acceptors (Lipinski definition) is 4. The number of likely N-dealkylation sites (tertiary alicyclic amines) is 2. The van der Waals surface area contributed by atoms with Crippen LogP contribution in [0.5, 0.6) is 0 Å². The summed E-state index contributed by atoms with van der Waals surface area (Å²) in [5.41, 5.74) is 0. The van der Waals surface area contributed by atoms with Gasteiger partial charge in [-0.05, 0) is 32.6 Å². The van der Waals surface area contributed by atoms with Gasteiger partial charge >= 0.3 is 6.09 Å². The van der Waals surface area contributed by atoms with E-state index in [-0.39, 0.29) is 23.9 Å². The van der Waals surface area contributed by atoms with Crippen molar-refractivity contribution in [3.63, 3.8) is 0 Å². The molecule has 0 aromatic heterocycles. The molecule has 148 valence electrons. The average molecular weight is 367 g/mol. The highest BCUT2D eigenvalue weighted by molar-refractivity contribution is 5.78. The second-order valence-electron chi connectivity index (χ2n) is 7.17. The SMILES string of the molecule is CCOC(=O)N1CCC(N(CCC(=O)N2CCCCCC2)C(C)=O)CC1. The largest absolute Gasteiger partial charge is 0.450 e. The van der Waals surface area contributed by atoms with Gasteiger partial charge in [0.2, 0.25) is 11.8 Å². The van der Waals surface area contributed by atoms with Crippen LogP contribution in [-0.2, 0) is 14.3 Å². The lowest BCUT2D eigenvalue weighted by atomic mass is 10.0. The molecule has 2 rings (SSSR count). The van der Waals surface area contributed by atoms with Gasteiger partial charge in [0.05, 0.1) is 6.61 Å². The first-order chi connectivity index (χ1) is 12.5. The Labute approximate surface area is 156 Å². The van der Waals surface area contributed by atoms with Crippen LogP contribution in [0, 0.1) is 0 Å². The lowest BCUT2D eigenvalue weighted by Crippen LogP contribution is -2.49. The molecule has 0 radical (unpaired) electrons. The van der Waals surface area contributed by atoms with Crippen molar-refractivity contribution >= 4 is 17.9 Å². The molecule has 7 nitrogen and oxygen atoms in total. The Hall–Kier alpha value is -1.79. The second-order valence-corrected chi connectivity index (χ2v) is 7.17. The molecule has 0 bridgehead atoms. The smallest absolute Gasteiger partial charge is 0.409 e. The Bertz CT molecular complexity index is 481. The number of ether oxygens (including phenoxy) is 1. The molecule has 2 heterocycles. The van der Waals surface area contributed by atoms with E-state index >= 15 is 0 Å². The third kappa shape index (κ3) is 5.88. The van der Waals surface area contributed by atoms with Crippen LogP contribution in [0.3, 0.4) is 0 Å². The van der Waals surface area contributed by atoms with E-state index in [2.05, 4.69) is 0 Å². The molecule has 2 saturated heterocycles. The van der Waals surface area contributed by atoms with Gasteiger partial charge < -0.3 is 19.4 Å². The Morgan fingerprint density at radius 3 is 2.12 bits per heavy atom. The predicted octanol–water partition coefficient (Wildman–Crippen LogP) is 2.25. The highest BCUT2D eigenvalue weighted by Crippen LogP contribution is 2.19. The second kappa shape index (κ2) is 10.4. The fourth-order valence-corrected chi connectivity index (χ4v) is 3.87. The van der Waals surface area contributed by atoms with E-state index in [0.717, 1.165) is 38.8 Å². The maximum Gasteiger partial charge on any atom is 0.409 e. The Balaban J connectivity index is 1.82. The first kappa shape index (κ1) is 20.5. The van der Waals surface area contributed by atoms with Crippen molar-refractivity contribution in [2.24, 2.45) is 0 Å². The standard InChI is InChI=1S/C19H33N3O4/c1-3-26-19(25)21-13-8-17(9-14-21)22(16(2)23)15-10-18(24)20-11-6-4-5-7-12-20/h17H,3-15H2,1-2H3. The van der Waals surface area contributed by atoms with Gasteiger partial charge in [-0.1, -0.05) is 12.8 Å². The zero-order valence-electron chi connectivity index (χ0n) is 16.2. The van der Waals surface area contributed by atoms with E-state index in [1.165, 1.54) is 12.8 Å². The van der Waals surface area contributed by atoms with Crippen LogP contribution in [0.25, 0.3) is 0 Å².